The van der Waals surface area contributed by atoms with Crippen LogP contribution in [0.15, 0.2) is 91.1 Å². The van der Waals surface area contributed by atoms with Gasteiger partial charge < -0.3 is 0 Å². The van der Waals surface area contributed by atoms with Crippen molar-refractivity contribution in [2.75, 3.05) is 0 Å². The van der Waals surface area contributed by atoms with Crippen molar-refractivity contribution < 1.29 is 4.79 Å². The van der Waals surface area contributed by atoms with Gasteiger partial charge in [0.15, 0.2) is 5.78 Å². The van der Waals surface area contributed by atoms with Gasteiger partial charge in [0.1, 0.15) is 0 Å². The first-order valence-corrected chi connectivity index (χ1v) is 9.54. The maximum Gasteiger partial charge on any atom is 0.178 e. The molecule has 0 saturated heterocycles. The Hall–Kier alpha value is -3.56. The topological polar surface area (TPSA) is 42.9 Å². The number of benzene rings is 3. The Morgan fingerprint density at radius 3 is 2.28 bits per heavy atom. The van der Waals surface area contributed by atoms with Gasteiger partial charge in [-0.25, -0.2) is 4.98 Å². The van der Waals surface area contributed by atoms with Gasteiger partial charge in [-0.05, 0) is 47.6 Å². The number of hydrogen-bond donors (Lipinski definition) is 0. The number of hydrogen-bond acceptors (Lipinski definition) is 3. The smallest absolute Gasteiger partial charge is 0.178 e. The second-order valence-electron chi connectivity index (χ2n) is 6.46. The van der Waals surface area contributed by atoms with E-state index in [2.05, 4.69) is 9.97 Å². The second kappa shape index (κ2) is 8.63. The highest BCUT2D eigenvalue weighted by Crippen LogP contribution is 2.20. The minimum absolute atomic E-state index is 0.102. The summed E-state index contributed by atoms with van der Waals surface area (Å²) in [5, 5.41) is 0.618. The first kappa shape index (κ1) is 18.8. The van der Waals surface area contributed by atoms with E-state index in [0.29, 0.717) is 5.02 Å². The first-order valence-electron chi connectivity index (χ1n) is 9.16. The fraction of sp³-hybridized carbons (Fsp3) is 0. The Morgan fingerprint density at radius 2 is 1.48 bits per heavy atom. The number of aromatic nitrogens is 2. The van der Waals surface area contributed by atoms with Crippen LogP contribution in [0.1, 0.15) is 11.1 Å². The molecule has 0 N–H and O–H groups in total. The lowest BCUT2D eigenvalue weighted by atomic mass is 10.1. The Kier molecular flexibility index (Phi) is 5.59. The molecule has 1 heterocycles. The van der Waals surface area contributed by atoms with E-state index in [-0.39, 0.29) is 5.78 Å². The van der Waals surface area contributed by atoms with Gasteiger partial charge in [-0.3, -0.25) is 9.78 Å². The highest BCUT2D eigenvalue weighted by atomic mass is 35.5. The van der Waals surface area contributed by atoms with Crippen LogP contribution in [-0.2, 0) is 4.79 Å². The summed E-state index contributed by atoms with van der Waals surface area (Å²) in [5.41, 5.74) is 5.28. The standard InChI is InChI=1S/C25H17ClN2O/c26-22-6-2-1-5-19(22)14-16-21(29)15-11-18-9-12-20(13-10-18)25-17-27-23-7-3-4-8-24(23)28-25/h1-17H. The summed E-state index contributed by atoms with van der Waals surface area (Å²) in [6.07, 6.45) is 8.33. The van der Waals surface area contributed by atoms with Crippen LogP contribution in [-0.4, -0.2) is 15.8 Å². The zero-order valence-corrected chi connectivity index (χ0v) is 16.3. The summed E-state index contributed by atoms with van der Waals surface area (Å²) in [7, 11) is 0. The normalized spacial score (nSPS) is 11.5. The lowest BCUT2D eigenvalue weighted by Crippen LogP contribution is -1.88. The average molecular weight is 397 g/mol. The number of nitrogens with zero attached hydrogens (tertiary/aromatic N) is 2. The Bertz CT molecular complexity index is 1230. The number of fused-ring (bicyclic) bond motifs is 1. The van der Waals surface area contributed by atoms with Gasteiger partial charge in [0, 0.05) is 10.6 Å². The quantitative estimate of drug-likeness (QED) is 0.374. The molecular formula is C25H17ClN2O. The third-order valence-electron chi connectivity index (χ3n) is 4.43. The highest BCUT2D eigenvalue weighted by Gasteiger charge is 2.02. The monoisotopic (exact) mass is 396 g/mol. The minimum atomic E-state index is -0.102. The molecule has 3 aromatic carbocycles. The van der Waals surface area contributed by atoms with Crippen molar-refractivity contribution >= 4 is 40.6 Å². The number of halogens is 1. The van der Waals surface area contributed by atoms with Crippen molar-refractivity contribution in [3.8, 4) is 11.3 Å². The molecule has 29 heavy (non-hydrogen) atoms. The fourth-order valence-corrected chi connectivity index (χ4v) is 3.08. The molecule has 0 aliphatic rings. The first-order chi connectivity index (χ1) is 14.2. The number of para-hydroxylation sites is 2. The van der Waals surface area contributed by atoms with Gasteiger partial charge in [-0.2, -0.15) is 0 Å². The minimum Gasteiger partial charge on any atom is -0.290 e. The van der Waals surface area contributed by atoms with Crippen molar-refractivity contribution in [2.45, 2.75) is 0 Å². The lowest BCUT2D eigenvalue weighted by Gasteiger charge is -2.03. The second-order valence-corrected chi connectivity index (χ2v) is 6.86. The van der Waals surface area contributed by atoms with Crippen molar-refractivity contribution in [1.29, 1.82) is 0 Å². The zero-order valence-electron chi connectivity index (χ0n) is 15.5. The summed E-state index contributed by atoms with van der Waals surface area (Å²) in [5.74, 6) is -0.102. The average Bonchev–Trinajstić information content (AvgIpc) is 2.77. The van der Waals surface area contributed by atoms with Crippen LogP contribution in [0.5, 0.6) is 0 Å². The van der Waals surface area contributed by atoms with Gasteiger partial charge in [-0.1, -0.05) is 72.3 Å². The zero-order chi connectivity index (χ0) is 20.1. The van der Waals surface area contributed by atoms with Crippen molar-refractivity contribution in [3.05, 3.63) is 107 Å². The molecule has 0 saturated carbocycles. The molecule has 4 heteroatoms. The Morgan fingerprint density at radius 1 is 0.793 bits per heavy atom. The third-order valence-corrected chi connectivity index (χ3v) is 4.77. The van der Waals surface area contributed by atoms with Crippen LogP contribution in [0.25, 0.3) is 34.4 Å². The summed E-state index contributed by atoms with van der Waals surface area (Å²) in [4.78, 5) is 21.2. The van der Waals surface area contributed by atoms with E-state index >= 15 is 0 Å². The molecule has 4 rings (SSSR count). The molecule has 0 atom stereocenters. The van der Waals surface area contributed by atoms with Gasteiger partial charge in [0.05, 0.1) is 22.9 Å². The molecule has 0 aliphatic heterocycles. The van der Waals surface area contributed by atoms with Gasteiger partial charge in [0.25, 0.3) is 0 Å². The van der Waals surface area contributed by atoms with E-state index in [1.807, 2.05) is 66.7 Å². The van der Waals surface area contributed by atoms with Crippen LogP contribution in [0, 0.1) is 0 Å². The lowest BCUT2D eigenvalue weighted by molar-refractivity contribution is -0.110. The molecule has 140 valence electrons. The summed E-state index contributed by atoms with van der Waals surface area (Å²) in [6, 6.07) is 23.0. The Balaban J connectivity index is 1.46. The maximum atomic E-state index is 12.1. The van der Waals surface area contributed by atoms with Crippen LogP contribution >= 0.6 is 11.6 Å². The summed E-state index contributed by atoms with van der Waals surface area (Å²) < 4.78 is 0. The van der Waals surface area contributed by atoms with Gasteiger partial charge in [0.2, 0.25) is 0 Å². The molecule has 1 aromatic heterocycles. The largest absolute Gasteiger partial charge is 0.290 e. The molecule has 0 spiro atoms. The van der Waals surface area contributed by atoms with E-state index in [1.165, 1.54) is 12.2 Å². The van der Waals surface area contributed by atoms with E-state index in [1.54, 1.807) is 24.4 Å². The summed E-state index contributed by atoms with van der Waals surface area (Å²) in [6.45, 7) is 0. The number of allylic oxidation sites excluding steroid dienone is 2. The predicted molar refractivity (Wildman–Crippen MR) is 120 cm³/mol. The number of ketones is 1. The molecule has 0 aliphatic carbocycles. The third kappa shape index (κ3) is 4.65. The van der Waals surface area contributed by atoms with E-state index < -0.39 is 0 Å². The van der Waals surface area contributed by atoms with Crippen molar-refractivity contribution in [3.63, 3.8) is 0 Å². The van der Waals surface area contributed by atoms with E-state index in [4.69, 9.17) is 11.6 Å². The summed E-state index contributed by atoms with van der Waals surface area (Å²) >= 11 is 6.09. The number of rotatable bonds is 5. The SMILES string of the molecule is O=C(C=Cc1ccc(-c2cnc3ccccc3n2)cc1)C=Cc1ccccc1Cl. The van der Waals surface area contributed by atoms with Gasteiger partial charge >= 0.3 is 0 Å². The van der Waals surface area contributed by atoms with E-state index in [0.717, 1.165) is 33.4 Å². The fourth-order valence-electron chi connectivity index (χ4n) is 2.88. The number of carbonyl (C=O) groups excluding carboxylic acids is 1. The van der Waals surface area contributed by atoms with E-state index in [9.17, 15) is 4.79 Å². The molecule has 4 aromatic rings. The van der Waals surface area contributed by atoms with Gasteiger partial charge in [-0.15, -0.1) is 0 Å². The molecular weight excluding hydrogens is 380 g/mol. The molecule has 3 nitrogen and oxygen atoms in total. The highest BCUT2D eigenvalue weighted by molar-refractivity contribution is 6.32. The Labute approximate surface area is 174 Å². The number of carbonyl (C=O) groups is 1. The van der Waals surface area contributed by atoms with Crippen LogP contribution in [0.4, 0.5) is 0 Å². The maximum absolute atomic E-state index is 12.1. The molecule has 0 radical (unpaired) electrons. The van der Waals surface area contributed by atoms with Crippen molar-refractivity contribution in [2.24, 2.45) is 0 Å². The molecule has 0 bridgehead atoms. The van der Waals surface area contributed by atoms with Crippen LogP contribution in [0.2, 0.25) is 5.02 Å². The molecule has 0 amide bonds. The molecule has 0 unspecified atom stereocenters. The van der Waals surface area contributed by atoms with Crippen molar-refractivity contribution in [1.82, 2.24) is 9.97 Å². The van der Waals surface area contributed by atoms with Crippen LogP contribution < -0.4 is 0 Å². The predicted octanol–water partition coefficient (Wildman–Crippen LogP) is 6.25. The van der Waals surface area contributed by atoms with Crippen LogP contribution in [0.3, 0.4) is 0 Å². The molecule has 0 fully saturated rings.